The molecule has 3 aliphatic carbocycles. The molecular formula is C21H27Br3N2O. The summed E-state index contributed by atoms with van der Waals surface area (Å²) in [6.45, 7) is 9.13. The second-order valence-corrected chi connectivity index (χ2v) is 12.8. The van der Waals surface area contributed by atoms with Gasteiger partial charge in [-0.2, -0.15) is 0 Å². The van der Waals surface area contributed by atoms with Gasteiger partial charge in [0.15, 0.2) is 0 Å². The molecule has 5 rings (SSSR count). The molecule has 1 saturated heterocycles. The number of carbonyl (C=O) groups is 1. The Morgan fingerprint density at radius 2 is 1.74 bits per heavy atom. The van der Waals surface area contributed by atoms with Gasteiger partial charge in [0.2, 0.25) is 5.91 Å². The van der Waals surface area contributed by atoms with Crippen LogP contribution in [0.4, 0.5) is 0 Å². The smallest absolute Gasteiger partial charge is 0.230 e. The third-order valence-electron chi connectivity index (χ3n) is 7.78. The lowest BCUT2D eigenvalue weighted by Gasteiger charge is -2.67. The Bertz CT molecular complexity index is 717. The van der Waals surface area contributed by atoms with E-state index in [1.54, 1.807) is 0 Å². The Hall–Kier alpha value is 0.0900. The third kappa shape index (κ3) is 2.69. The summed E-state index contributed by atoms with van der Waals surface area (Å²) in [5.41, 5.74) is 1.15. The number of amides is 1. The average Bonchev–Trinajstić information content (AvgIpc) is 3.12. The van der Waals surface area contributed by atoms with Crippen molar-refractivity contribution in [3.05, 3.63) is 35.9 Å². The van der Waals surface area contributed by atoms with E-state index in [2.05, 4.69) is 102 Å². The van der Waals surface area contributed by atoms with E-state index in [4.69, 9.17) is 0 Å². The SMILES string of the molecule is CC1(C)C2(C(=O)N3CCN(Cc4ccccc4)CC3)CCC1(C(Br)Br)C2Br. The molecule has 1 heterocycles. The van der Waals surface area contributed by atoms with Crippen LogP contribution in [0.1, 0.15) is 32.3 Å². The molecule has 0 spiro atoms. The molecular weight excluding hydrogens is 536 g/mol. The van der Waals surface area contributed by atoms with Crippen LogP contribution in [0.3, 0.4) is 0 Å². The molecule has 3 unspecified atom stereocenters. The zero-order valence-electron chi connectivity index (χ0n) is 15.9. The van der Waals surface area contributed by atoms with Gasteiger partial charge in [0.1, 0.15) is 0 Å². The second kappa shape index (κ2) is 7.10. The minimum atomic E-state index is -0.269. The molecule has 1 aromatic carbocycles. The van der Waals surface area contributed by atoms with Gasteiger partial charge < -0.3 is 4.90 Å². The summed E-state index contributed by atoms with van der Waals surface area (Å²) < 4.78 is 0.225. The lowest BCUT2D eigenvalue weighted by molar-refractivity contribution is -0.174. The molecule has 0 aromatic heterocycles. The van der Waals surface area contributed by atoms with Crippen molar-refractivity contribution < 1.29 is 4.79 Å². The molecule has 6 heteroatoms. The van der Waals surface area contributed by atoms with E-state index < -0.39 is 0 Å². The van der Waals surface area contributed by atoms with Crippen molar-refractivity contribution in [2.24, 2.45) is 16.2 Å². The van der Waals surface area contributed by atoms with Crippen LogP contribution in [0.2, 0.25) is 0 Å². The molecule has 1 aromatic rings. The maximum absolute atomic E-state index is 13.7. The summed E-state index contributed by atoms with van der Waals surface area (Å²) in [4.78, 5) is 18.5. The minimum absolute atomic E-state index is 0.0237. The van der Waals surface area contributed by atoms with Crippen molar-refractivity contribution in [1.29, 1.82) is 0 Å². The van der Waals surface area contributed by atoms with Crippen molar-refractivity contribution in [2.75, 3.05) is 26.2 Å². The Kier molecular flexibility index (Phi) is 5.36. The molecule has 0 radical (unpaired) electrons. The molecule has 3 saturated carbocycles. The average molecular weight is 563 g/mol. The number of carbonyl (C=O) groups excluding carboxylic acids is 1. The predicted octanol–water partition coefficient (Wildman–Crippen LogP) is 5.02. The number of nitrogens with zero attached hydrogens (tertiary/aromatic N) is 2. The topological polar surface area (TPSA) is 23.6 Å². The Balaban J connectivity index is 1.43. The van der Waals surface area contributed by atoms with Crippen LogP contribution >= 0.6 is 47.8 Å². The molecule has 4 aliphatic rings. The molecule has 148 valence electrons. The lowest BCUT2D eigenvalue weighted by atomic mass is 9.43. The summed E-state index contributed by atoms with van der Waals surface area (Å²) in [7, 11) is 0. The molecule has 4 fully saturated rings. The standard InChI is InChI=1S/C21H27Br3N2O/c1-19(2)20(17(23)24)8-9-21(19,16(20)22)18(27)26-12-10-25(11-13-26)14-15-6-4-3-5-7-15/h3-7,16-17H,8-14H2,1-2H3. The zero-order chi connectivity index (χ0) is 19.4. The van der Waals surface area contributed by atoms with Gasteiger partial charge >= 0.3 is 0 Å². The zero-order valence-corrected chi connectivity index (χ0v) is 20.7. The van der Waals surface area contributed by atoms with Gasteiger partial charge in [0.25, 0.3) is 0 Å². The van der Waals surface area contributed by atoms with Crippen LogP contribution in [0.15, 0.2) is 30.3 Å². The van der Waals surface area contributed by atoms with Gasteiger partial charge in [0, 0.05) is 43.0 Å². The van der Waals surface area contributed by atoms with Gasteiger partial charge in [0.05, 0.1) is 9.15 Å². The highest BCUT2D eigenvalue weighted by atomic mass is 79.9. The third-order valence-corrected chi connectivity index (χ3v) is 11.0. The lowest BCUT2D eigenvalue weighted by Crippen LogP contribution is -2.73. The summed E-state index contributed by atoms with van der Waals surface area (Å²) in [5.74, 6) is 0.363. The predicted molar refractivity (Wildman–Crippen MR) is 121 cm³/mol. The van der Waals surface area contributed by atoms with Crippen molar-refractivity contribution in [3.8, 4) is 0 Å². The minimum Gasteiger partial charge on any atom is -0.340 e. The number of hydrogen-bond acceptors (Lipinski definition) is 2. The summed E-state index contributed by atoms with van der Waals surface area (Å²) >= 11 is 11.5. The van der Waals surface area contributed by atoms with Crippen molar-refractivity contribution in [1.82, 2.24) is 9.80 Å². The maximum atomic E-state index is 13.7. The van der Waals surface area contributed by atoms with Crippen molar-refractivity contribution >= 4 is 53.7 Å². The first-order chi connectivity index (χ1) is 12.8. The molecule has 0 N–H and O–H groups in total. The fourth-order valence-corrected chi connectivity index (χ4v) is 10.8. The normalized spacial score (nSPS) is 35.3. The maximum Gasteiger partial charge on any atom is 0.230 e. The Morgan fingerprint density at radius 3 is 2.26 bits per heavy atom. The van der Waals surface area contributed by atoms with Gasteiger partial charge in [-0.05, 0) is 23.8 Å². The monoisotopic (exact) mass is 560 g/mol. The Labute approximate surface area is 187 Å². The van der Waals surface area contributed by atoms with E-state index in [9.17, 15) is 4.79 Å². The van der Waals surface area contributed by atoms with E-state index in [0.29, 0.717) is 5.91 Å². The molecule has 1 aliphatic heterocycles. The van der Waals surface area contributed by atoms with Gasteiger partial charge in [-0.3, -0.25) is 9.69 Å². The highest BCUT2D eigenvalue weighted by molar-refractivity contribution is 9.24. The molecule has 1 amide bonds. The molecule has 27 heavy (non-hydrogen) atoms. The fourth-order valence-electron chi connectivity index (χ4n) is 5.90. The fraction of sp³-hybridized carbons (Fsp3) is 0.667. The van der Waals surface area contributed by atoms with Crippen LogP contribution in [0, 0.1) is 16.2 Å². The highest BCUT2D eigenvalue weighted by Crippen LogP contribution is 2.82. The summed E-state index contributed by atoms with van der Waals surface area (Å²) in [5, 5.41) is 0. The van der Waals surface area contributed by atoms with Crippen LogP contribution in [-0.2, 0) is 11.3 Å². The first-order valence-corrected chi connectivity index (χ1v) is 12.5. The first-order valence-electron chi connectivity index (χ1n) is 9.75. The van der Waals surface area contributed by atoms with Crippen LogP contribution in [-0.4, -0.2) is 50.4 Å². The number of benzene rings is 1. The van der Waals surface area contributed by atoms with Crippen LogP contribution in [0.25, 0.3) is 0 Å². The number of piperazine rings is 1. The molecule has 2 bridgehead atoms. The number of fused-ring (bicyclic) bond motifs is 1. The highest BCUT2D eigenvalue weighted by Gasteiger charge is 2.83. The number of alkyl halides is 3. The largest absolute Gasteiger partial charge is 0.340 e. The molecule has 3 nitrogen and oxygen atoms in total. The summed E-state index contributed by atoms with van der Waals surface area (Å²) in [6, 6.07) is 10.6. The molecule has 3 atom stereocenters. The number of halogens is 3. The van der Waals surface area contributed by atoms with E-state index in [-0.39, 0.29) is 24.8 Å². The van der Waals surface area contributed by atoms with Crippen molar-refractivity contribution in [2.45, 2.75) is 41.8 Å². The van der Waals surface area contributed by atoms with Gasteiger partial charge in [-0.15, -0.1) is 0 Å². The Morgan fingerprint density at radius 1 is 1.11 bits per heavy atom. The van der Waals surface area contributed by atoms with Gasteiger partial charge in [-0.1, -0.05) is 92.0 Å². The van der Waals surface area contributed by atoms with E-state index >= 15 is 0 Å². The van der Waals surface area contributed by atoms with Crippen molar-refractivity contribution in [3.63, 3.8) is 0 Å². The first kappa shape index (κ1) is 20.4. The van der Waals surface area contributed by atoms with E-state index in [1.807, 2.05) is 0 Å². The van der Waals surface area contributed by atoms with E-state index in [0.717, 1.165) is 45.6 Å². The van der Waals surface area contributed by atoms with Crippen LogP contribution < -0.4 is 0 Å². The number of hydrogen-bond donors (Lipinski definition) is 0. The van der Waals surface area contributed by atoms with Gasteiger partial charge in [-0.25, -0.2) is 0 Å². The quantitative estimate of drug-likeness (QED) is 0.481. The van der Waals surface area contributed by atoms with Crippen LogP contribution in [0.5, 0.6) is 0 Å². The van der Waals surface area contributed by atoms with E-state index in [1.165, 1.54) is 5.56 Å². The number of rotatable bonds is 4. The summed E-state index contributed by atoms with van der Waals surface area (Å²) in [6.07, 6.45) is 2.06. The second-order valence-electron chi connectivity index (χ2n) is 8.85.